The predicted molar refractivity (Wildman–Crippen MR) is 164 cm³/mol. The maximum Gasteiger partial charge on any atom is 0.268 e. The average Bonchev–Trinajstić information content (AvgIpc) is 3.74. The van der Waals surface area contributed by atoms with Crippen molar-refractivity contribution in [2.24, 2.45) is 0 Å². The number of thiophene rings is 1. The number of phenolic OH excluding ortho intramolecular Hbond substituents is 2. The Labute approximate surface area is 245 Å². The number of carbonyl (C=O) groups is 1. The molecule has 7 rings (SSSR count). The van der Waals surface area contributed by atoms with Crippen molar-refractivity contribution in [3.63, 3.8) is 0 Å². The summed E-state index contributed by atoms with van der Waals surface area (Å²) < 4.78 is 0. The van der Waals surface area contributed by atoms with E-state index in [0.717, 1.165) is 55.6 Å². The number of nitrogens with one attached hydrogen (secondary N) is 1. The number of nitrogens with zero attached hydrogens (tertiary/aromatic N) is 2. The molecule has 6 nitrogen and oxygen atoms in total. The lowest BCUT2D eigenvalue weighted by molar-refractivity contribution is 0.0992. The van der Waals surface area contributed by atoms with Crippen LogP contribution in [0, 0.1) is 6.92 Å². The van der Waals surface area contributed by atoms with Gasteiger partial charge in [-0.25, -0.2) is 0 Å². The van der Waals surface area contributed by atoms with E-state index >= 15 is 0 Å². The Morgan fingerprint density at radius 3 is 2.48 bits per heavy atom. The number of H-pyrrole nitrogens is 1. The zero-order valence-electron chi connectivity index (χ0n) is 21.7. The molecule has 40 heavy (non-hydrogen) atoms. The molecule has 2 aromatic heterocycles. The third-order valence-electron chi connectivity index (χ3n) is 8.32. The van der Waals surface area contributed by atoms with Crippen LogP contribution < -0.4 is 9.80 Å². The summed E-state index contributed by atoms with van der Waals surface area (Å²) in [6.45, 7) is 3.86. The molecule has 3 aromatic carbocycles. The highest BCUT2D eigenvalue weighted by molar-refractivity contribution is 7.14. The Bertz CT molecular complexity index is 1810. The third-order valence-corrected chi connectivity index (χ3v) is 10.1. The first-order chi connectivity index (χ1) is 19.4. The highest BCUT2D eigenvalue weighted by Crippen LogP contribution is 2.48. The van der Waals surface area contributed by atoms with E-state index in [0.29, 0.717) is 29.7 Å². The number of anilines is 2. The molecule has 4 heterocycles. The van der Waals surface area contributed by atoms with Gasteiger partial charge in [-0.1, -0.05) is 24.3 Å². The molecular formula is C31H27Cl2N3O3S. The van der Waals surface area contributed by atoms with Gasteiger partial charge in [-0.2, -0.15) is 0 Å². The van der Waals surface area contributed by atoms with Crippen molar-refractivity contribution in [1.82, 2.24) is 4.98 Å². The number of aryl methyl sites for hydroxylation is 1. The summed E-state index contributed by atoms with van der Waals surface area (Å²) in [5.41, 5.74) is 5.73. The molecular weight excluding hydrogens is 565 g/mol. The van der Waals surface area contributed by atoms with E-state index in [1.165, 1.54) is 16.9 Å². The summed E-state index contributed by atoms with van der Waals surface area (Å²) in [6, 6.07) is 15.1. The number of amides is 1. The van der Waals surface area contributed by atoms with Crippen molar-refractivity contribution < 1.29 is 15.0 Å². The second-order valence-electron chi connectivity index (χ2n) is 10.7. The number of hydrogen-bond acceptors (Lipinski definition) is 5. The molecule has 1 amide bonds. The maximum absolute atomic E-state index is 13.8. The van der Waals surface area contributed by atoms with Crippen molar-refractivity contribution in [2.75, 3.05) is 34.6 Å². The molecule has 0 saturated heterocycles. The molecule has 2 atom stereocenters. The Morgan fingerprint density at radius 1 is 0.975 bits per heavy atom. The van der Waals surface area contributed by atoms with Crippen LogP contribution in [0.1, 0.15) is 43.1 Å². The number of rotatable bonds is 5. The minimum Gasteiger partial charge on any atom is -0.507 e. The van der Waals surface area contributed by atoms with E-state index in [4.69, 9.17) is 23.2 Å². The smallest absolute Gasteiger partial charge is 0.268 e. The first kappa shape index (κ1) is 25.6. The van der Waals surface area contributed by atoms with Crippen LogP contribution in [-0.4, -0.2) is 46.0 Å². The summed E-state index contributed by atoms with van der Waals surface area (Å²) in [4.78, 5) is 22.7. The number of halogens is 2. The van der Waals surface area contributed by atoms with Crippen molar-refractivity contribution in [3.05, 3.63) is 81.2 Å². The molecule has 0 radical (unpaired) electrons. The van der Waals surface area contributed by atoms with Crippen molar-refractivity contribution in [1.29, 1.82) is 0 Å². The molecule has 0 aliphatic carbocycles. The first-order valence-corrected chi connectivity index (χ1v) is 15.1. The highest BCUT2D eigenvalue weighted by atomic mass is 35.5. The highest BCUT2D eigenvalue weighted by Gasteiger charge is 2.36. The summed E-state index contributed by atoms with van der Waals surface area (Å²) in [5.74, 6) is 1.29. The van der Waals surface area contributed by atoms with Gasteiger partial charge in [0.2, 0.25) is 0 Å². The first-order valence-electron chi connectivity index (χ1n) is 13.2. The fraction of sp³-hybridized carbons (Fsp3) is 0.258. The van der Waals surface area contributed by atoms with Crippen LogP contribution in [0.5, 0.6) is 11.5 Å². The van der Waals surface area contributed by atoms with Gasteiger partial charge < -0.3 is 25.0 Å². The SMILES string of the molecule is Cc1c[nH]c2c(O)cc3c(c12)[C@H](CCl)CN3Cc1ccc(C(=O)N2C[C@@H](CCl)c3c2cc(O)c2ccccc32)s1. The van der Waals surface area contributed by atoms with Crippen LogP contribution in [0.4, 0.5) is 11.4 Å². The van der Waals surface area contributed by atoms with Crippen LogP contribution in [0.15, 0.2) is 54.7 Å². The van der Waals surface area contributed by atoms with Gasteiger partial charge in [-0.15, -0.1) is 34.5 Å². The Morgan fingerprint density at radius 2 is 1.70 bits per heavy atom. The molecule has 0 saturated carbocycles. The molecule has 0 fully saturated rings. The number of benzene rings is 3. The van der Waals surface area contributed by atoms with Crippen molar-refractivity contribution in [3.8, 4) is 11.5 Å². The lowest BCUT2D eigenvalue weighted by Gasteiger charge is -2.19. The minimum atomic E-state index is -0.0949. The minimum absolute atomic E-state index is 0.0134. The van der Waals surface area contributed by atoms with E-state index < -0.39 is 0 Å². The van der Waals surface area contributed by atoms with Gasteiger partial charge in [0, 0.05) is 76.4 Å². The van der Waals surface area contributed by atoms with E-state index in [2.05, 4.69) is 9.88 Å². The predicted octanol–water partition coefficient (Wildman–Crippen LogP) is 7.43. The van der Waals surface area contributed by atoms with Crippen LogP contribution in [0.25, 0.3) is 21.7 Å². The lowest BCUT2D eigenvalue weighted by atomic mass is 9.95. The molecule has 204 valence electrons. The standard InChI is InChI=1S/C31H27Cl2N3O3S/c1-16-12-34-30-25(38)8-22-29(27(16)30)17(10-32)13-35(22)15-19-6-7-26(40-19)31(39)36-14-18(11-33)28-21-5-3-2-4-20(21)24(37)9-23(28)36/h2-9,12,17-18,34,37-38H,10-11,13-15H2,1H3/t17-,18-/m1/s1. The quantitative estimate of drug-likeness (QED) is 0.186. The second kappa shape index (κ2) is 9.61. The monoisotopic (exact) mass is 591 g/mol. The van der Waals surface area contributed by atoms with E-state index in [-0.39, 0.29) is 29.2 Å². The number of phenols is 2. The van der Waals surface area contributed by atoms with Gasteiger partial charge in [0.25, 0.3) is 5.91 Å². The Kier molecular flexibility index (Phi) is 6.15. The van der Waals surface area contributed by atoms with Crippen LogP contribution >= 0.6 is 34.5 Å². The average molecular weight is 593 g/mol. The topological polar surface area (TPSA) is 79.8 Å². The number of fused-ring (bicyclic) bond motifs is 6. The van der Waals surface area contributed by atoms with Gasteiger partial charge >= 0.3 is 0 Å². The van der Waals surface area contributed by atoms with Crippen molar-refractivity contribution in [2.45, 2.75) is 25.3 Å². The van der Waals surface area contributed by atoms with Crippen LogP contribution in [-0.2, 0) is 6.54 Å². The number of aromatic nitrogens is 1. The van der Waals surface area contributed by atoms with Gasteiger partial charge in [0.1, 0.15) is 11.5 Å². The Balaban J connectivity index is 1.20. The van der Waals surface area contributed by atoms with Gasteiger partial charge in [0.15, 0.2) is 0 Å². The molecule has 2 aliphatic rings. The zero-order valence-corrected chi connectivity index (χ0v) is 24.1. The normalized spacial score (nSPS) is 18.2. The van der Waals surface area contributed by atoms with E-state index in [9.17, 15) is 15.0 Å². The number of hydrogen-bond donors (Lipinski definition) is 3. The number of aromatic hydroxyl groups is 2. The number of alkyl halides is 2. The molecule has 3 N–H and O–H groups in total. The summed E-state index contributed by atoms with van der Waals surface area (Å²) >= 11 is 14.3. The van der Waals surface area contributed by atoms with Gasteiger partial charge in [-0.05, 0) is 41.1 Å². The van der Waals surface area contributed by atoms with Gasteiger partial charge in [-0.3, -0.25) is 4.79 Å². The molecule has 0 bridgehead atoms. The fourth-order valence-corrected chi connectivity index (χ4v) is 8.00. The zero-order chi connectivity index (χ0) is 27.7. The molecule has 0 spiro atoms. The van der Waals surface area contributed by atoms with E-state index in [1.54, 1.807) is 11.0 Å². The fourth-order valence-electron chi connectivity index (χ4n) is 6.53. The Hall–Kier alpha value is -3.39. The number of aromatic amines is 1. The third kappa shape index (κ3) is 3.79. The van der Waals surface area contributed by atoms with Gasteiger partial charge in [0.05, 0.1) is 22.6 Å². The maximum atomic E-state index is 13.8. The second-order valence-corrected chi connectivity index (χ2v) is 12.5. The molecule has 5 aromatic rings. The summed E-state index contributed by atoms with van der Waals surface area (Å²) in [5, 5.41) is 24.2. The number of carbonyl (C=O) groups excluding carboxylic acids is 1. The molecule has 0 unspecified atom stereocenters. The van der Waals surface area contributed by atoms with Crippen molar-refractivity contribution >= 4 is 73.5 Å². The molecule has 9 heteroatoms. The van der Waals surface area contributed by atoms with E-state index in [1.807, 2.05) is 55.6 Å². The van der Waals surface area contributed by atoms with Crippen LogP contribution in [0.2, 0.25) is 0 Å². The summed E-state index contributed by atoms with van der Waals surface area (Å²) in [6.07, 6.45) is 1.92. The largest absolute Gasteiger partial charge is 0.507 e. The van der Waals surface area contributed by atoms with Crippen LogP contribution in [0.3, 0.4) is 0 Å². The lowest BCUT2D eigenvalue weighted by Crippen LogP contribution is -2.29. The molecule has 2 aliphatic heterocycles. The summed E-state index contributed by atoms with van der Waals surface area (Å²) in [7, 11) is 0.